The minimum Gasteiger partial charge on any atom is -0.497 e. The Morgan fingerprint density at radius 1 is 1.24 bits per heavy atom. The predicted octanol–water partition coefficient (Wildman–Crippen LogP) is 2.56. The summed E-state index contributed by atoms with van der Waals surface area (Å²) in [5.41, 5.74) is 0.681. The van der Waals surface area contributed by atoms with Crippen LogP contribution in [0.3, 0.4) is 0 Å². The van der Waals surface area contributed by atoms with E-state index in [2.05, 4.69) is 17.0 Å². The summed E-state index contributed by atoms with van der Waals surface area (Å²) >= 11 is 0. The van der Waals surface area contributed by atoms with E-state index in [1.54, 1.807) is 14.0 Å². The quantitative estimate of drug-likeness (QED) is 0.848. The molecule has 2 fully saturated rings. The van der Waals surface area contributed by atoms with Crippen LogP contribution in [0, 0.1) is 11.3 Å². The molecule has 0 bridgehead atoms. The molecule has 0 radical (unpaired) electrons. The topological polar surface area (TPSA) is 56.6 Å². The molecule has 0 aromatic heterocycles. The molecule has 1 aromatic carbocycles. The van der Waals surface area contributed by atoms with E-state index in [0.29, 0.717) is 6.04 Å². The van der Waals surface area contributed by atoms with Gasteiger partial charge >= 0.3 is 0 Å². The van der Waals surface area contributed by atoms with E-state index in [4.69, 9.17) is 4.74 Å². The van der Waals surface area contributed by atoms with Gasteiger partial charge in [-0.2, -0.15) is 5.26 Å². The second-order valence-corrected chi connectivity index (χ2v) is 7.20. The van der Waals surface area contributed by atoms with Crippen LogP contribution in [-0.4, -0.2) is 55.0 Å². The summed E-state index contributed by atoms with van der Waals surface area (Å²) in [6, 6.07) is 11.1. The normalized spacial score (nSPS) is 27.6. The van der Waals surface area contributed by atoms with Gasteiger partial charge in [0.25, 0.3) is 0 Å². The summed E-state index contributed by atoms with van der Waals surface area (Å²) in [6.07, 6.45) is 3.83. The fraction of sp³-hybridized carbons (Fsp3) is 0.600. The van der Waals surface area contributed by atoms with Gasteiger partial charge in [-0.1, -0.05) is 12.1 Å². The molecule has 1 aliphatic carbocycles. The van der Waals surface area contributed by atoms with Crippen molar-refractivity contribution in [3.8, 4) is 11.8 Å². The van der Waals surface area contributed by atoms with Crippen molar-refractivity contribution >= 4 is 5.91 Å². The minimum atomic E-state index is -0.397. The second-order valence-electron chi connectivity index (χ2n) is 7.20. The Bertz CT molecular complexity index is 651. The van der Waals surface area contributed by atoms with Gasteiger partial charge in [-0.3, -0.25) is 9.69 Å². The molecule has 3 rings (SSSR count). The fourth-order valence-electron chi connectivity index (χ4n) is 4.25. The molecule has 1 aliphatic heterocycles. The Morgan fingerprint density at radius 3 is 2.48 bits per heavy atom. The Hall–Kier alpha value is -2.06. The molecule has 0 spiro atoms. The highest BCUT2D eigenvalue weighted by Gasteiger charge is 2.39. The summed E-state index contributed by atoms with van der Waals surface area (Å²) in [5, 5.41) is 9.90. The number of methoxy groups -OCH3 is 1. The molecule has 0 N–H and O–H groups in total. The zero-order valence-corrected chi connectivity index (χ0v) is 15.2. The van der Waals surface area contributed by atoms with Gasteiger partial charge in [-0.15, -0.1) is 0 Å². The number of amides is 1. The molecular weight excluding hydrogens is 314 g/mol. The lowest BCUT2D eigenvalue weighted by molar-refractivity contribution is -0.131. The molecule has 2 aliphatic rings. The van der Waals surface area contributed by atoms with Gasteiger partial charge in [0.1, 0.15) is 5.75 Å². The number of nitriles is 1. The number of benzene rings is 1. The molecule has 1 heterocycles. The molecule has 5 nitrogen and oxygen atoms in total. The summed E-state index contributed by atoms with van der Waals surface area (Å²) in [6.45, 7) is 5.19. The number of rotatable bonds is 3. The maximum atomic E-state index is 11.5. The number of hydrogen-bond donors (Lipinski definition) is 0. The third kappa shape index (κ3) is 3.64. The van der Waals surface area contributed by atoms with E-state index in [1.165, 1.54) is 0 Å². The van der Waals surface area contributed by atoms with E-state index in [0.717, 1.165) is 63.2 Å². The Morgan fingerprint density at radius 2 is 1.92 bits per heavy atom. The molecular formula is C20H27N3O2. The first-order valence-electron chi connectivity index (χ1n) is 9.13. The average Bonchev–Trinajstić information content (AvgIpc) is 2.68. The lowest BCUT2D eigenvalue weighted by Gasteiger charge is -2.43. The molecule has 1 saturated carbocycles. The first kappa shape index (κ1) is 17.8. The van der Waals surface area contributed by atoms with Gasteiger partial charge in [-0.25, -0.2) is 0 Å². The summed E-state index contributed by atoms with van der Waals surface area (Å²) in [7, 11) is 1.66. The van der Waals surface area contributed by atoms with Crippen molar-refractivity contribution in [2.24, 2.45) is 0 Å². The van der Waals surface area contributed by atoms with Crippen molar-refractivity contribution in [2.75, 3.05) is 33.3 Å². The monoisotopic (exact) mass is 341 g/mol. The van der Waals surface area contributed by atoms with Gasteiger partial charge in [0.2, 0.25) is 5.91 Å². The van der Waals surface area contributed by atoms with Crippen LogP contribution in [0.5, 0.6) is 5.75 Å². The fourth-order valence-corrected chi connectivity index (χ4v) is 4.25. The number of nitrogens with zero attached hydrogens (tertiary/aromatic N) is 3. The molecule has 5 heteroatoms. The number of hydrogen-bond acceptors (Lipinski definition) is 4. The second kappa shape index (κ2) is 7.45. The highest BCUT2D eigenvalue weighted by atomic mass is 16.5. The Balaban J connectivity index is 1.64. The van der Waals surface area contributed by atoms with Crippen LogP contribution in [-0.2, 0) is 10.2 Å². The van der Waals surface area contributed by atoms with Crippen LogP contribution >= 0.6 is 0 Å². The van der Waals surface area contributed by atoms with Crippen LogP contribution in [0.1, 0.15) is 38.2 Å². The first-order chi connectivity index (χ1) is 12.1. The smallest absolute Gasteiger partial charge is 0.219 e. The van der Waals surface area contributed by atoms with Crippen molar-refractivity contribution < 1.29 is 9.53 Å². The van der Waals surface area contributed by atoms with E-state index in [-0.39, 0.29) is 5.91 Å². The van der Waals surface area contributed by atoms with Crippen LogP contribution in [0.2, 0.25) is 0 Å². The van der Waals surface area contributed by atoms with Crippen molar-refractivity contribution in [3.63, 3.8) is 0 Å². The van der Waals surface area contributed by atoms with E-state index in [1.807, 2.05) is 23.1 Å². The molecule has 25 heavy (non-hydrogen) atoms. The summed E-state index contributed by atoms with van der Waals surface area (Å²) < 4.78 is 5.33. The summed E-state index contributed by atoms with van der Waals surface area (Å²) in [4.78, 5) is 15.9. The SMILES string of the molecule is COc1cccc([C@]2(C#N)CC[C@@H](N3CCN(C(C)=O)CC3)CC2)c1. The third-order valence-corrected chi connectivity index (χ3v) is 5.92. The molecule has 134 valence electrons. The van der Waals surface area contributed by atoms with Crippen molar-refractivity contribution in [2.45, 2.75) is 44.1 Å². The van der Waals surface area contributed by atoms with E-state index in [9.17, 15) is 10.1 Å². The third-order valence-electron chi connectivity index (χ3n) is 5.92. The zero-order valence-electron chi connectivity index (χ0n) is 15.2. The standard InChI is InChI=1S/C20H27N3O2/c1-16(24)22-10-12-23(13-11-22)18-6-8-20(15-21,9-7-18)17-4-3-5-19(14-17)25-2/h3-5,14,18H,6-13H2,1-2H3/t18-,20-. The summed E-state index contributed by atoms with van der Waals surface area (Å²) in [5.74, 6) is 0.986. The molecule has 1 aromatic rings. The van der Waals surface area contributed by atoms with Crippen LogP contribution in [0.4, 0.5) is 0 Å². The minimum absolute atomic E-state index is 0.171. The molecule has 0 atom stereocenters. The Kier molecular flexibility index (Phi) is 5.29. The van der Waals surface area contributed by atoms with Crippen molar-refractivity contribution in [3.05, 3.63) is 29.8 Å². The zero-order chi connectivity index (χ0) is 17.9. The predicted molar refractivity (Wildman–Crippen MR) is 96.4 cm³/mol. The van der Waals surface area contributed by atoms with Gasteiger partial charge in [0.15, 0.2) is 0 Å². The van der Waals surface area contributed by atoms with Crippen molar-refractivity contribution in [1.29, 1.82) is 5.26 Å². The highest BCUT2D eigenvalue weighted by Crippen LogP contribution is 2.41. The van der Waals surface area contributed by atoms with Gasteiger partial charge in [0.05, 0.1) is 18.6 Å². The number of piperazine rings is 1. The maximum absolute atomic E-state index is 11.5. The number of ether oxygens (including phenoxy) is 1. The van der Waals surface area contributed by atoms with Crippen LogP contribution in [0.25, 0.3) is 0 Å². The van der Waals surface area contributed by atoms with Crippen molar-refractivity contribution in [1.82, 2.24) is 9.80 Å². The Labute approximate surface area is 150 Å². The van der Waals surface area contributed by atoms with Gasteiger partial charge in [-0.05, 0) is 43.4 Å². The van der Waals surface area contributed by atoms with Crippen LogP contribution in [0.15, 0.2) is 24.3 Å². The maximum Gasteiger partial charge on any atom is 0.219 e. The molecule has 0 unspecified atom stereocenters. The van der Waals surface area contributed by atoms with Gasteiger partial charge < -0.3 is 9.64 Å². The first-order valence-corrected chi connectivity index (χ1v) is 9.13. The number of carbonyl (C=O) groups excluding carboxylic acids is 1. The lowest BCUT2D eigenvalue weighted by Crippen LogP contribution is -2.53. The van der Waals surface area contributed by atoms with E-state index < -0.39 is 5.41 Å². The molecule has 1 saturated heterocycles. The molecule has 1 amide bonds. The van der Waals surface area contributed by atoms with E-state index >= 15 is 0 Å². The highest BCUT2D eigenvalue weighted by molar-refractivity contribution is 5.73. The largest absolute Gasteiger partial charge is 0.497 e. The van der Waals surface area contributed by atoms with Crippen LogP contribution < -0.4 is 4.74 Å². The lowest BCUT2D eigenvalue weighted by atomic mass is 9.69. The van der Waals surface area contributed by atoms with Gasteiger partial charge in [0, 0.05) is 39.1 Å². The number of carbonyl (C=O) groups is 1. The average molecular weight is 341 g/mol.